The number of amides is 1. The molecule has 0 aliphatic carbocycles. The molecule has 7 rings (SSSR count). The Morgan fingerprint density at radius 1 is 0.500 bits per heavy atom. The van der Waals surface area contributed by atoms with Crippen LogP contribution in [0.3, 0.4) is 0 Å². The molecule has 0 saturated heterocycles. The summed E-state index contributed by atoms with van der Waals surface area (Å²) in [5, 5.41) is 0. The Morgan fingerprint density at radius 2 is 1.03 bits per heavy atom. The Kier molecular flexibility index (Phi) is 4.72. The molecule has 2 aliphatic rings. The number of carbonyl (C=O) groups excluding carboxylic acids is 1. The number of nitrogens with zero attached hydrogens (tertiary/aromatic N) is 3. The lowest BCUT2D eigenvalue weighted by atomic mass is 9.98. The third-order valence-electron chi connectivity index (χ3n) is 6.75. The summed E-state index contributed by atoms with van der Waals surface area (Å²) in [4.78, 5) is 20.5. The monoisotopic (exact) mass is 529 g/mol. The number of carbonyl (C=O) groups is 1. The largest absolute Gasteiger partial charge is 0.306 e. The number of halogens is 1. The Morgan fingerprint density at radius 3 is 1.75 bits per heavy atom. The first-order valence-electron chi connectivity index (χ1n) is 11.8. The van der Waals surface area contributed by atoms with E-state index in [9.17, 15) is 4.79 Å². The number of anilines is 8. The highest BCUT2D eigenvalue weighted by atomic mass is 79.9. The third kappa shape index (κ3) is 2.96. The fraction of sp³-hybridized carbons (Fsp3) is 0. The van der Waals surface area contributed by atoms with E-state index < -0.39 is 0 Å². The van der Waals surface area contributed by atoms with Crippen LogP contribution in [0, 0.1) is 0 Å². The van der Waals surface area contributed by atoms with Crippen LogP contribution in [0.2, 0.25) is 0 Å². The van der Waals surface area contributed by atoms with Crippen molar-refractivity contribution in [3.63, 3.8) is 0 Å². The zero-order chi connectivity index (χ0) is 24.2. The predicted molar refractivity (Wildman–Crippen MR) is 150 cm³/mol. The second-order valence-corrected chi connectivity index (χ2v) is 9.60. The number of hydrogen-bond donors (Lipinski definition) is 0. The number of rotatable bonds is 2. The molecular weight excluding hydrogens is 510 g/mol. The molecule has 0 atom stereocenters. The first-order valence-corrected chi connectivity index (χ1v) is 12.6. The number of benzene rings is 5. The molecule has 0 saturated carbocycles. The lowest BCUT2D eigenvalue weighted by molar-refractivity contribution is 0.0998. The normalized spacial score (nSPS) is 13.1. The van der Waals surface area contributed by atoms with Crippen molar-refractivity contribution in [3.8, 4) is 0 Å². The number of hydrogen-bond acceptors (Lipinski definition) is 3. The molecule has 0 unspecified atom stereocenters. The first-order chi connectivity index (χ1) is 17.7. The van der Waals surface area contributed by atoms with E-state index in [0.29, 0.717) is 5.56 Å². The van der Waals surface area contributed by atoms with Crippen LogP contribution in [0.25, 0.3) is 0 Å². The van der Waals surface area contributed by atoms with E-state index in [1.807, 2.05) is 65.6 Å². The second-order valence-electron chi connectivity index (χ2n) is 8.75. The van der Waals surface area contributed by atoms with Gasteiger partial charge in [-0.25, -0.2) is 0 Å². The van der Waals surface area contributed by atoms with Crippen LogP contribution >= 0.6 is 15.9 Å². The molecule has 0 aromatic heterocycles. The lowest BCUT2D eigenvalue weighted by Crippen LogP contribution is -2.35. The molecule has 0 radical (unpaired) electrons. The van der Waals surface area contributed by atoms with E-state index >= 15 is 0 Å². The maximum atomic E-state index is 14.1. The highest BCUT2D eigenvalue weighted by Gasteiger charge is 2.40. The van der Waals surface area contributed by atoms with Crippen molar-refractivity contribution in [3.05, 3.63) is 131 Å². The summed E-state index contributed by atoms with van der Waals surface area (Å²) in [6, 6.07) is 40.7. The molecule has 4 nitrogen and oxygen atoms in total. The van der Waals surface area contributed by atoms with Gasteiger partial charge >= 0.3 is 0 Å². The fourth-order valence-corrected chi connectivity index (χ4v) is 5.71. The van der Waals surface area contributed by atoms with Gasteiger partial charge in [-0.1, -0.05) is 60.7 Å². The van der Waals surface area contributed by atoms with Crippen molar-refractivity contribution < 1.29 is 4.79 Å². The molecule has 2 heterocycles. The van der Waals surface area contributed by atoms with Crippen LogP contribution in [-0.4, -0.2) is 5.91 Å². The summed E-state index contributed by atoms with van der Waals surface area (Å²) in [5.41, 5.74) is 8.53. The Balaban J connectivity index is 1.54. The Labute approximate surface area is 217 Å². The summed E-state index contributed by atoms with van der Waals surface area (Å²) in [5.74, 6) is -0.0758. The van der Waals surface area contributed by atoms with Crippen molar-refractivity contribution in [1.82, 2.24) is 0 Å². The van der Waals surface area contributed by atoms with Crippen LogP contribution in [0.5, 0.6) is 0 Å². The standard InChI is InChI=1S/C31H20BrN3O/c32-23-14-5-4-13-22(23)31(36)35-27-18-9-8-17-26(27)34-25-16-7-6-15-24(25)33(21-11-2-1-3-12-21)28-19-10-20-29(35)30(28)34/h1-20H. The minimum absolute atomic E-state index is 0.0758. The van der Waals surface area contributed by atoms with E-state index in [0.717, 1.165) is 50.0 Å². The molecule has 0 fully saturated rings. The lowest BCUT2D eigenvalue weighted by Gasteiger charge is -2.46. The summed E-state index contributed by atoms with van der Waals surface area (Å²) < 4.78 is 0.774. The van der Waals surface area contributed by atoms with Gasteiger partial charge in [-0.15, -0.1) is 0 Å². The maximum absolute atomic E-state index is 14.1. The summed E-state index contributed by atoms with van der Waals surface area (Å²) in [6.07, 6.45) is 0. The van der Waals surface area contributed by atoms with Gasteiger partial charge in [-0.3, -0.25) is 9.69 Å². The van der Waals surface area contributed by atoms with Crippen molar-refractivity contribution in [2.24, 2.45) is 0 Å². The topological polar surface area (TPSA) is 26.8 Å². The van der Waals surface area contributed by atoms with E-state index in [-0.39, 0.29) is 5.91 Å². The van der Waals surface area contributed by atoms with Gasteiger partial charge in [0.2, 0.25) is 0 Å². The van der Waals surface area contributed by atoms with Crippen molar-refractivity contribution in [2.45, 2.75) is 0 Å². The van der Waals surface area contributed by atoms with Gasteiger partial charge in [0.05, 0.1) is 45.4 Å². The van der Waals surface area contributed by atoms with E-state index in [2.05, 4.69) is 86.4 Å². The molecule has 172 valence electrons. The van der Waals surface area contributed by atoms with E-state index in [1.54, 1.807) is 0 Å². The molecule has 0 spiro atoms. The zero-order valence-electron chi connectivity index (χ0n) is 19.2. The minimum Gasteiger partial charge on any atom is -0.306 e. The molecule has 0 N–H and O–H groups in total. The number of fused-ring (bicyclic) bond motifs is 4. The van der Waals surface area contributed by atoms with E-state index in [1.165, 1.54) is 0 Å². The molecule has 1 amide bonds. The van der Waals surface area contributed by atoms with Gasteiger partial charge in [0.25, 0.3) is 5.91 Å². The van der Waals surface area contributed by atoms with Crippen molar-refractivity contribution in [2.75, 3.05) is 14.7 Å². The maximum Gasteiger partial charge on any atom is 0.264 e. The number of para-hydroxylation sites is 6. The van der Waals surface area contributed by atoms with Gasteiger partial charge in [0, 0.05) is 10.2 Å². The van der Waals surface area contributed by atoms with Crippen LogP contribution in [0.4, 0.5) is 45.5 Å². The molecule has 5 aromatic carbocycles. The third-order valence-corrected chi connectivity index (χ3v) is 7.44. The smallest absolute Gasteiger partial charge is 0.264 e. The SMILES string of the molecule is O=C(c1ccccc1Br)N1c2ccccc2N2c3ccccc3N(c3ccccc3)c3cccc1c32. The molecular formula is C31H20BrN3O. The van der Waals surface area contributed by atoms with Crippen molar-refractivity contribution >= 4 is 67.3 Å². The van der Waals surface area contributed by atoms with Crippen molar-refractivity contribution in [1.29, 1.82) is 0 Å². The minimum atomic E-state index is -0.0758. The van der Waals surface area contributed by atoms with Crippen LogP contribution in [0.1, 0.15) is 10.4 Å². The van der Waals surface area contributed by atoms with Crippen LogP contribution in [0.15, 0.2) is 126 Å². The van der Waals surface area contributed by atoms with Gasteiger partial charge < -0.3 is 9.80 Å². The highest BCUT2D eigenvalue weighted by molar-refractivity contribution is 9.10. The average molecular weight is 530 g/mol. The summed E-state index contributed by atoms with van der Waals surface area (Å²) in [6.45, 7) is 0. The molecule has 5 heteroatoms. The predicted octanol–water partition coefficient (Wildman–Crippen LogP) is 8.99. The van der Waals surface area contributed by atoms with E-state index in [4.69, 9.17) is 0 Å². The molecule has 36 heavy (non-hydrogen) atoms. The fourth-order valence-electron chi connectivity index (χ4n) is 5.25. The quantitative estimate of drug-likeness (QED) is 0.224. The zero-order valence-corrected chi connectivity index (χ0v) is 20.8. The summed E-state index contributed by atoms with van der Waals surface area (Å²) in [7, 11) is 0. The second kappa shape index (κ2) is 8.11. The molecule has 5 aromatic rings. The molecule has 0 bridgehead atoms. The summed E-state index contributed by atoms with van der Waals surface area (Å²) >= 11 is 3.59. The van der Waals surface area contributed by atoms with Crippen LogP contribution < -0.4 is 14.7 Å². The van der Waals surface area contributed by atoms with Crippen LogP contribution in [-0.2, 0) is 0 Å². The molecule has 2 aliphatic heterocycles. The van der Waals surface area contributed by atoms with Gasteiger partial charge in [0.1, 0.15) is 0 Å². The van der Waals surface area contributed by atoms with Gasteiger partial charge in [-0.2, -0.15) is 0 Å². The Hall–Kier alpha value is -4.35. The van der Waals surface area contributed by atoms with Gasteiger partial charge in [0.15, 0.2) is 0 Å². The average Bonchev–Trinajstić information content (AvgIpc) is 2.93. The Bertz CT molecular complexity index is 1650. The van der Waals surface area contributed by atoms with Gasteiger partial charge in [-0.05, 0) is 76.6 Å². The highest BCUT2D eigenvalue weighted by Crippen LogP contribution is 2.61. The first kappa shape index (κ1) is 21.0.